The fourth-order valence-electron chi connectivity index (χ4n) is 3.23. The summed E-state index contributed by atoms with van der Waals surface area (Å²) in [6.45, 7) is 2.59. The molecule has 0 saturated heterocycles. The van der Waals surface area contributed by atoms with Crippen molar-refractivity contribution in [2.24, 2.45) is 0 Å². The molecule has 0 amide bonds. The number of hydrogen-bond acceptors (Lipinski definition) is 4. The average Bonchev–Trinajstić information content (AvgIpc) is 2.73. The van der Waals surface area contributed by atoms with E-state index < -0.39 is 12.1 Å². The lowest BCUT2D eigenvalue weighted by Gasteiger charge is -2.29. The topological polar surface area (TPSA) is 66.4 Å². The molecule has 0 heterocycles. The first-order valence-corrected chi connectivity index (χ1v) is 12.7. The zero-order chi connectivity index (χ0) is 25.5. The predicted molar refractivity (Wildman–Crippen MR) is 140 cm³/mol. The Morgan fingerprint density at radius 3 is 1.62 bits per heavy atom. The maximum Gasteiger partial charge on any atom is 0.306 e. The summed E-state index contributed by atoms with van der Waals surface area (Å²) in [5, 5.41) is 10.9. The minimum absolute atomic E-state index is 0.254. The molecule has 0 radical (unpaired) electrons. The van der Waals surface area contributed by atoms with Crippen LogP contribution in [-0.4, -0.2) is 50.2 Å². The maximum atomic E-state index is 12.0. The lowest BCUT2D eigenvalue weighted by molar-refractivity contribution is -0.873. The Morgan fingerprint density at radius 1 is 0.735 bits per heavy atom. The fourth-order valence-corrected chi connectivity index (χ4v) is 3.23. The second kappa shape index (κ2) is 21.2. The number of likely N-dealkylation sites (N-methyl/N-ethyl adjacent to an activating group) is 1. The summed E-state index contributed by atoms with van der Waals surface area (Å²) in [5.74, 6) is -1.56. The van der Waals surface area contributed by atoms with Crippen LogP contribution < -0.4 is 5.11 Å². The summed E-state index contributed by atoms with van der Waals surface area (Å²) in [6, 6.07) is 0. The summed E-state index contributed by atoms with van der Waals surface area (Å²) in [6.07, 6.45) is 30.2. The van der Waals surface area contributed by atoms with Gasteiger partial charge in [0.2, 0.25) is 0 Å². The first-order valence-electron chi connectivity index (χ1n) is 12.7. The highest BCUT2D eigenvalue weighted by atomic mass is 16.5. The standard InChI is InChI=1S/C29H47NO4/c1-5-6-7-8-9-10-11-12-13-14-15-16-17-18-19-20-21-22-23-24-29(33)34-27(25-28(31)32)26-30(2,3)4/h6-7,10-11,13-14,17-18,21-22,27H,5,8-9,12,15-16,19-20,23-26H2,1-4H3. The third kappa shape index (κ3) is 24.2. The van der Waals surface area contributed by atoms with Gasteiger partial charge in [-0.25, -0.2) is 0 Å². The number of carbonyl (C=O) groups is 2. The second-order valence-corrected chi connectivity index (χ2v) is 9.43. The summed E-state index contributed by atoms with van der Waals surface area (Å²) < 4.78 is 5.86. The molecular formula is C29H47NO4. The largest absolute Gasteiger partial charge is 0.550 e. The van der Waals surface area contributed by atoms with E-state index in [2.05, 4.69) is 61.6 Å². The van der Waals surface area contributed by atoms with Gasteiger partial charge in [-0.1, -0.05) is 67.7 Å². The molecule has 0 aromatic heterocycles. The molecule has 1 unspecified atom stereocenters. The van der Waals surface area contributed by atoms with Crippen LogP contribution in [0.3, 0.4) is 0 Å². The quantitative estimate of drug-likeness (QED) is 0.102. The van der Waals surface area contributed by atoms with Gasteiger partial charge < -0.3 is 19.1 Å². The van der Waals surface area contributed by atoms with Crippen molar-refractivity contribution in [3.05, 3.63) is 60.8 Å². The Bertz CT molecular complexity index is 681. The summed E-state index contributed by atoms with van der Waals surface area (Å²) >= 11 is 0. The molecule has 0 aromatic rings. The van der Waals surface area contributed by atoms with Gasteiger partial charge in [0.1, 0.15) is 6.54 Å². The van der Waals surface area contributed by atoms with Crippen LogP contribution in [0.25, 0.3) is 0 Å². The van der Waals surface area contributed by atoms with Crippen molar-refractivity contribution in [3.8, 4) is 0 Å². The van der Waals surface area contributed by atoms with Crippen molar-refractivity contribution in [2.45, 2.75) is 83.7 Å². The first-order chi connectivity index (χ1) is 16.2. The van der Waals surface area contributed by atoms with E-state index in [9.17, 15) is 14.7 Å². The van der Waals surface area contributed by atoms with Crippen LogP contribution in [-0.2, 0) is 14.3 Å². The zero-order valence-electron chi connectivity index (χ0n) is 21.9. The Hall–Kier alpha value is -2.40. The van der Waals surface area contributed by atoms with E-state index in [1.165, 1.54) is 0 Å². The monoisotopic (exact) mass is 473 g/mol. The molecule has 0 aliphatic rings. The number of aliphatic carboxylic acids is 1. The number of rotatable bonds is 20. The lowest BCUT2D eigenvalue weighted by atomic mass is 10.2. The van der Waals surface area contributed by atoms with Gasteiger partial charge in [-0.15, -0.1) is 0 Å². The lowest BCUT2D eigenvalue weighted by Crippen LogP contribution is -2.45. The molecule has 0 N–H and O–H groups in total. The molecule has 1 atom stereocenters. The van der Waals surface area contributed by atoms with E-state index in [1.807, 2.05) is 27.2 Å². The van der Waals surface area contributed by atoms with Crippen LogP contribution in [0.15, 0.2) is 60.8 Å². The van der Waals surface area contributed by atoms with E-state index in [-0.39, 0.29) is 18.8 Å². The van der Waals surface area contributed by atoms with Gasteiger partial charge in [0, 0.05) is 18.8 Å². The molecule has 0 aliphatic heterocycles. The number of hydrogen-bond donors (Lipinski definition) is 0. The molecule has 5 nitrogen and oxygen atoms in total. The van der Waals surface area contributed by atoms with Gasteiger partial charge >= 0.3 is 5.97 Å². The number of unbranched alkanes of at least 4 members (excludes halogenated alkanes) is 3. The number of carboxylic acids is 1. The van der Waals surface area contributed by atoms with Crippen LogP contribution in [0, 0.1) is 0 Å². The molecule has 0 fully saturated rings. The van der Waals surface area contributed by atoms with E-state index in [4.69, 9.17) is 4.74 Å². The Kier molecular flexibility index (Phi) is 19.7. The summed E-state index contributed by atoms with van der Waals surface area (Å²) in [7, 11) is 5.79. The molecule has 34 heavy (non-hydrogen) atoms. The zero-order valence-corrected chi connectivity index (χ0v) is 21.9. The molecule has 0 bridgehead atoms. The van der Waals surface area contributed by atoms with Crippen molar-refractivity contribution < 1.29 is 23.9 Å². The number of carboxylic acid groups (broad SMARTS) is 1. The van der Waals surface area contributed by atoms with E-state index >= 15 is 0 Å². The second-order valence-electron chi connectivity index (χ2n) is 9.43. The van der Waals surface area contributed by atoms with Gasteiger partial charge in [0.05, 0.1) is 21.1 Å². The summed E-state index contributed by atoms with van der Waals surface area (Å²) in [4.78, 5) is 22.9. The third-order valence-electron chi connectivity index (χ3n) is 4.80. The van der Waals surface area contributed by atoms with Crippen molar-refractivity contribution in [1.82, 2.24) is 0 Å². The van der Waals surface area contributed by atoms with Crippen LogP contribution in [0.5, 0.6) is 0 Å². The summed E-state index contributed by atoms with van der Waals surface area (Å²) in [5.41, 5.74) is 0. The van der Waals surface area contributed by atoms with Crippen LogP contribution in [0.1, 0.15) is 77.6 Å². The average molecular weight is 474 g/mol. The van der Waals surface area contributed by atoms with Gasteiger partial charge in [-0.05, 0) is 57.8 Å². The fraction of sp³-hybridized carbons (Fsp3) is 0.586. The van der Waals surface area contributed by atoms with Crippen LogP contribution in [0.4, 0.5) is 0 Å². The van der Waals surface area contributed by atoms with E-state index in [1.54, 1.807) is 0 Å². The Labute approximate surface area is 208 Å². The number of quaternary nitrogens is 1. The predicted octanol–water partition coefficient (Wildman–Crippen LogP) is 5.45. The molecule has 0 aliphatic carbocycles. The smallest absolute Gasteiger partial charge is 0.306 e. The van der Waals surface area contributed by atoms with E-state index in [0.717, 1.165) is 51.4 Å². The molecule has 0 saturated carbocycles. The highest BCUT2D eigenvalue weighted by Crippen LogP contribution is 2.07. The van der Waals surface area contributed by atoms with E-state index in [0.29, 0.717) is 17.4 Å². The number of carbonyl (C=O) groups excluding carboxylic acids is 2. The molecule has 0 spiro atoms. The van der Waals surface area contributed by atoms with Crippen molar-refractivity contribution in [2.75, 3.05) is 27.7 Å². The SMILES string of the molecule is CCC=CCCC=CCC=CCCC=CCCC=CCCC(=O)OC(CC(=O)[O-])C[N+](C)(C)C. The van der Waals surface area contributed by atoms with Crippen LogP contribution in [0.2, 0.25) is 0 Å². The van der Waals surface area contributed by atoms with Gasteiger partial charge in [-0.2, -0.15) is 0 Å². The Balaban J connectivity index is 3.82. The first kappa shape index (κ1) is 31.6. The highest BCUT2D eigenvalue weighted by Gasteiger charge is 2.22. The molecule has 5 heteroatoms. The third-order valence-corrected chi connectivity index (χ3v) is 4.80. The van der Waals surface area contributed by atoms with Gasteiger partial charge in [0.15, 0.2) is 6.10 Å². The molecular weight excluding hydrogens is 426 g/mol. The van der Waals surface area contributed by atoms with Crippen molar-refractivity contribution in [3.63, 3.8) is 0 Å². The number of ether oxygens (including phenoxy) is 1. The van der Waals surface area contributed by atoms with Crippen molar-refractivity contribution >= 4 is 11.9 Å². The molecule has 0 rings (SSSR count). The van der Waals surface area contributed by atoms with Gasteiger partial charge in [0.25, 0.3) is 0 Å². The normalized spacial score (nSPS) is 13.8. The molecule has 192 valence electrons. The maximum absolute atomic E-state index is 12.0. The van der Waals surface area contributed by atoms with Crippen molar-refractivity contribution in [1.29, 1.82) is 0 Å². The minimum Gasteiger partial charge on any atom is -0.550 e. The number of allylic oxidation sites excluding steroid dienone is 10. The minimum atomic E-state index is -1.20. The van der Waals surface area contributed by atoms with Gasteiger partial charge in [-0.3, -0.25) is 4.79 Å². The van der Waals surface area contributed by atoms with Crippen LogP contribution >= 0.6 is 0 Å². The number of esters is 1. The number of nitrogens with zero attached hydrogens (tertiary/aromatic N) is 1. The highest BCUT2D eigenvalue weighted by molar-refractivity contribution is 5.71. The Morgan fingerprint density at radius 2 is 1.18 bits per heavy atom. The molecule has 0 aromatic carbocycles.